The zero-order valence-electron chi connectivity index (χ0n) is 9.67. The fourth-order valence-electron chi connectivity index (χ4n) is 1.54. The predicted molar refractivity (Wildman–Crippen MR) is 72.0 cm³/mol. The summed E-state index contributed by atoms with van der Waals surface area (Å²) in [5.74, 6) is 0. The first-order valence-electron chi connectivity index (χ1n) is 5.57. The molecule has 92 valence electrons. The van der Waals surface area contributed by atoms with Gasteiger partial charge in [-0.05, 0) is 40.5 Å². The van der Waals surface area contributed by atoms with Gasteiger partial charge >= 0.3 is 0 Å². The molecule has 0 radical (unpaired) electrons. The highest BCUT2D eigenvalue weighted by atomic mass is 79.9. The number of anilines is 1. The van der Waals surface area contributed by atoms with Crippen molar-refractivity contribution < 1.29 is 0 Å². The molecule has 5 nitrogen and oxygen atoms in total. The van der Waals surface area contributed by atoms with E-state index in [1.807, 2.05) is 18.3 Å². The molecule has 18 heavy (non-hydrogen) atoms. The molecule has 2 rings (SSSR count). The van der Waals surface area contributed by atoms with Crippen LogP contribution in [0.25, 0.3) is 0 Å². The molecule has 0 amide bonds. The van der Waals surface area contributed by atoms with Gasteiger partial charge in [-0.15, -0.1) is 5.10 Å². The van der Waals surface area contributed by atoms with Crippen molar-refractivity contribution >= 4 is 21.6 Å². The number of nitrogens with one attached hydrogen (secondary N) is 1. The van der Waals surface area contributed by atoms with Crippen molar-refractivity contribution in [3.8, 4) is 6.07 Å². The highest BCUT2D eigenvalue weighted by Crippen LogP contribution is 2.20. The van der Waals surface area contributed by atoms with Gasteiger partial charge in [0, 0.05) is 29.4 Å². The molecule has 1 N–H and O–H groups in total. The van der Waals surface area contributed by atoms with Crippen molar-refractivity contribution in [1.29, 1.82) is 5.26 Å². The Hall–Kier alpha value is -1.87. The molecule has 0 aliphatic rings. The molecule has 6 heteroatoms. The van der Waals surface area contributed by atoms with Crippen LogP contribution in [0.1, 0.15) is 12.0 Å². The molecule has 0 spiro atoms. The van der Waals surface area contributed by atoms with E-state index in [0.717, 1.165) is 29.7 Å². The Bertz CT molecular complexity index is 544. The fraction of sp³-hybridized carbons (Fsp3) is 0.250. The first kappa shape index (κ1) is 12.6. The predicted octanol–water partition coefficient (Wildman–Crippen LogP) is 2.41. The van der Waals surface area contributed by atoms with Crippen molar-refractivity contribution in [3.63, 3.8) is 0 Å². The molecule has 0 aliphatic carbocycles. The molecule has 2 aromatic rings. The van der Waals surface area contributed by atoms with Crippen molar-refractivity contribution in [2.24, 2.45) is 0 Å². The Kier molecular flexibility index (Phi) is 4.31. The van der Waals surface area contributed by atoms with Gasteiger partial charge in [0.15, 0.2) is 0 Å². The van der Waals surface area contributed by atoms with E-state index in [0.29, 0.717) is 5.56 Å². The summed E-state index contributed by atoms with van der Waals surface area (Å²) in [7, 11) is 0. The third-order valence-corrected chi connectivity index (χ3v) is 3.11. The summed E-state index contributed by atoms with van der Waals surface area (Å²) in [6, 6.07) is 7.72. The lowest BCUT2D eigenvalue weighted by Gasteiger charge is -2.07. The minimum atomic E-state index is 0.642. The lowest BCUT2D eigenvalue weighted by Crippen LogP contribution is -2.07. The minimum Gasteiger partial charge on any atom is -0.385 e. The van der Waals surface area contributed by atoms with Gasteiger partial charge in [0.25, 0.3) is 0 Å². The fourth-order valence-corrected chi connectivity index (χ4v) is 2.01. The summed E-state index contributed by atoms with van der Waals surface area (Å²) in [6.45, 7) is 1.68. The maximum Gasteiger partial charge on any atom is 0.100 e. The molecule has 1 aromatic heterocycles. The van der Waals surface area contributed by atoms with Gasteiger partial charge in [0.05, 0.1) is 11.8 Å². The molecular formula is C12H12BrN5. The Morgan fingerprint density at radius 3 is 3.00 bits per heavy atom. The number of nitriles is 1. The highest BCUT2D eigenvalue weighted by Gasteiger charge is 2.00. The molecule has 0 fully saturated rings. The number of aryl methyl sites for hydroxylation is 1. The second kappa shape index (κ2) is 6.17. The zero-order valence-corrected chi connectivity index (χ0v) is 11.3. The van der Waals surface area contributed by atoms with Gasteiger partial charge < -0.3 is 5.32 Å². The van der Waals surface area contributed by atoms with E-state index in [-0.39, 0.29) is 0 Å². The summed E-state index contributed by atoms with van der Waals surface area (Å²) >= 11 is 3.36. The maximum atomic E-state index is 8.81. The SMILES string of the molecule is N#Cc1ccc(NCCCn2ccnn2)cc1Br. The van der Waals surface area contributed by atoms with Gasteiger partial charge in [-0.2, -0.15) is 5.26 Å². The summed E-state index contributed by atoms with van der Waals surface area (Å²) in [5, 5.41) is 19.7. The molecule has 0 saturated carbocycles. The Morgan fingerprint density at radius 1 is 1.44 bits per heavy atom. The van der Waals surface area contributed by atoms with E-state index < -0.39 is 0 Å². The van der Waals surface area contributed by atoms with Crippen LogP contribution >= 0.6 is 15.9 Å². The van der Waals surface area contributed by atoms with Crippen molar-refractivity contribution in [3.05, 3.63) is 40.6 Å². The summed E-state index contributed by atoms with van der Waals surface area (Å²) in [6.07, 6.45) is 4.48. The standard InChI is InChI=1S/C12H12BrN5/c13-12-8-11(3-2-10(12)9-14)15-4-1-6-18-7-5-16-17-18/h2-3,5,7-8,15H,1,4,6H2. The second-order valence-corrected chi connectivity index (χ2v) is 4.61. The van der Waals surface area contributed by atoms with E-state index in [4.69, 9.17) is 5.26 Å². The molecule has 0 bridgehead atoms. The third-order valence-electron chi connectivity index (χ3n) is 2.45. The van der Waals surface area contributed by atoms with Crippen LogP contribution in [-0.2, 0) is 6.54 Å². The van der Waals surface area contributed by atoms with Crippen molar-refractivity contribution in [2.75, 3.05) is 11.9 Å². The Morgan fingerprint density at radius 2 is 2.33 bits per heavy atom. The largest absolute Gasteiger partial charge is 0.385 e. The quantitative estimate of drug-likeness (QED) is 0.862. The first-order chi connectivity index (χ1) is 8.79. The molecule has 0 unspecified atom stereocenters. The number of rotatable bonds is 5. The van der Waals surface area contributed by atoms with Gasteiger partial charge in [0.1, 0.15) is 6.07 Å². The molecule has 1 heterocycles. The number of hydrogen-bond donors (Lipinski definition) is 1. The number of aromatic nitrogens is 3. The van der Waals surface area contributed by atoms with Crippen LogP contribution in [0.5, 0.6) is 0 Å². The summed E-state index contributed by atoms with van der Waals surface area (Å²) in [5.41, 5.74) is 1.64. The van der Waals surface area contributed by atoms with Gasteiger partial charge in [-0.1, -0.05) is 5.21 Å². The lowest BCUT2D eigenvalue weighted by atomic mass is 10.2. The van der Waals surface area contributed by atoms with E-state index in [2.05, 4.69) is 37.6 Å². The maximum absolute atomic E-state index is 8.81. The van der Waals surface area contributed by atoms with E-state index >= 15 is 0 Å². The lowest BCUT2D eigenvalue weighted by molar-refractivity contribution is 0.570. The van der Waals surface area contributed by atoms with Gasteiger partial charge in [-0.3, -0.25) is 4.68 Å². The second-order valence-electron chi connectivity index (χ2n) is 3.75. The highest BCUT2D eigenvalue weighted by molar-refractivity contribution is 9.10. The summed E-state index contributed by atoms with van der Waals surface area (Å²) in [4.78, 5) is 0. The van der Waals surface area contributed by atoms with Crippen molar-refractivity contribution in [1.82, 2.24) is 15.0 Å². The number of hydrogen-bond acceptors (Lipinski definition) is 4. The van der Waals surface area contributed by atoms with E-state index in [1.165, 1.54) is 0 Å². The van der Waals surface area contributed by atoms with Crippen LogP contribution in [0.2, 0.25) is 0 Å². The topological polar surface area (TPSA) is 66.5 Å². The summed E-state index contributed by atoms with van der Waals surface area (Å²) < 4.78 is 2.61. The van der Waals surface area contributed by atoms with Crippen LogP contribution in [0, 0.1) is 11.3 Å². The Balaban J connectivity index is 1.80. The number of nitrogens with zero attached hydrogens (tertiary/aromatic N) is 4. The average molecular weight is 306 g/mol. The van der Waals surface area contributed by atoms with Crippen LogP contribution in [0.15, 0.2) is 35.1 Å². The monoisotopic (exact) mass is 305 g/mol. The molecule has 0 aliphatic heterocycles. The molecule has 0 atom stereocenters. The van der Waals surface area contributed by atoms with Crippen molar-refractivity contribution in [2.45, 2.75) is 13.0 Å². The van der Waals surface area contributed by atoms with Crippen LogP contribution in [0.3, 0.4) is 0 Å². The van der Waals surface area contributed by atoms with Crippen LogP contribution in [0.4, 0.5) is 5.69 Å². The van der Waals surface area contributed by atoms with Crippen LogP contribution in [-0.4, -0.2) is 21.5 Å². The number of benzene rings is 1. The van der Waals surface area contributed by atoms with Crippen LogP contribution < -0.4 is 5.32 Å². The molecule has 0 saturated heterocycles. The first-order valence-corrected chi connectivity index (χ1v) is 6.36. The smallest absolute Gasteiger partial charge is 0.100 e. The zero-order chi connectivity index (χ0) is 12.8. The third kappa shape index (κ3) is 3.31. The minimum absolute atomic E-state index is 0.642. The number of halogens is 1. The van der Waals surface area contributed by atoms with E-state index in [9.17, 15) is 0 Å². The van der Waals surface area contributed by atoms with E-state index in [1.54, 1.807) is 16.9 Å². The van der Waals surface area contributed by atoms with Gasteiger partial charge in [-0.25, -0.2) is 0 Å². The molecular weight excluding hydrogens is 294 g/mol. The Labute approximate surface area is 114 Å². The normalized spacial score (nSPS) is 10.0. The van der Waals surface area contributed by atoms with Gasteiger partial charge in [0.2, 0.25) is 0 Å². The molecule has 1 aromatic carbocycles. The average Bonchev–Trinajstić information content (AvgIpc) is 2.88.